The monoisotopic (exact) mass is 180 g/mol. The first-order chi connectivity index (χ1) is 6.26. The van der Waals surface area contributed by atoms with Gasteiger partial charge in [0.15, 0.2) is 0 Å². The maximum Gasteiger partial charge on any atom is -0.0355 e. The summed E-state index contributed by atoms with van der Waals surface area (Å²) in [5, 5.41) is 0. The molecule has 0 nitrogen and oxygen atoms in total. The molecule has 2 fully saturated rings. The second-order valence-corrected chi connectivity index (χ2v) is 5.44. The van der Waals surface area contributed by atoms with E-state index in [1.54, 1.807) is 19.3 Å². The van der Waals surface area contributed by atoms with Gasteiger partial charge in [0.25, 0.3) is 0 Å². The molecule has 76 valence electrons. The van der Waals surface area contributed by atoms with Crippen LogP contribution in [0.25, 0.3) is 0 Å². The van der Waals surface area contributed by atoms with Gasteiger partial charge in [-0.3, -0.25) is 0 Å². The van der Waals surface area contributed by atoms with Gasteiger partial charge in [0, 0.05) is 0 Å². The number of rotatable bonds is 3. The van der Waals surface area contributed by atoms with Gasteiger partial charge in [-0.05, 0) is 48.9 Å². The van der Waals surface area contributed by atoms with Crippen molar-refractivity contribution in [1.82, 2.24) is 0 Å². The molecule has 2 saturated carbocycles. The van der Waals surface area contributed by atoms with Gasteiger partial charge in [-0.25, -0.2) is 0 Å². The lowest BCUT2D eigenvalue weighted by Gasteiger charge is -2.31. The van der Waals surface area contributed by atoms with Crippen LogP contribution in [-0.4, -0.2) is 0 Å². The summed E-state index contributed by atoms with van der Waals surface area (Å²) in [7, 11) is 0. The van der Waals surface area contributed by atoms with Gasteiger partial charge < -0.3 is 0 Å². The van der Waals surface area contributed by atoms with Crippen LogP contribution in [-0.2, 0) is 0 Å². The van der Waals surface area contributed by atoms with Crippen LogP contribution in [0.3, 0.4) is 0 Å². The Kier molecular flexibility index (Phi) is 2.67. The summed E-state index contributed by atoms with van der Waals surface area (Å²) in [6.45, 7) is 7.22. The van der Waals surface area contributed by atoms with Crippen LogP contribution in [0.1, 0.15) is 52.9 Å². The van der Waals surface area contributed by atoms with Gasteiger partial charge in [0.2, 0.25) is 0 Å². The molecule has 0 saturated heterocycles. The smallest absolute Gasteiger partial charge is 0.0355 e. The van der Waals surface area contributed by atoms with Crippen LogP contribution >= 0.6 is 0 Å². The highest BCUT2D eigenvalue weighted by molar-refractivity contribution is 4.95. The van der Waals surface area contributed by atoms with E-state index in [1.807, 2.05) is 0 Å². The molecular formula is C13H24. The summed E-state index contributed by atoms with van der Waals surface area (Å²) >= 11 is 0. The molecule has 2 aliphatic carbocycles. The Morgan fingerprint density at radius 1 is 1.00 bits per heavy atom. The quantitative estimate of drug-likeness (QED) is 0.613. The average Bonchev–Trinajstić information content (AvgIpc) is 2.65. The van der Waals surface area contributed by atoms with Crippen molar-refractivity contribution in [3.8, 4) is 0 Å². The topological polar surface area (TPSA) is 0 Å². The van der Waals surface area contributed by atoms with Gasteiger partial charge in [-0.2, -0.15) is 0 Å². The highest BCUT2D eigenvalue weighted by Gasteiger charge is 2.45. The molecule has 0 heteroatoms. The van der Waals surface area contributed by atoms with Crippen molar-refractivity contribution < 1.29 is 0 Å². The van der Waals surface area contributed by atoms with Crippen molar-refractivity contribution in [3.05, 3.63) is 0 Å². The van der Waals surface area contributed by atoms with Gasteiger partial charge in [0.1, 0.15) is 0 Å². The SMILES string of the molecule is CCC(CC)C1CC2CC1CC2C. The normalized spacial score (nSPS) is 43.4. The van der Waals surface area contributed by atoms with E-state index in [0.717, 1.165) is 29.6 Å². The van der Waals surface area contributed by atoms with Crippen molar-refractivity contribution in [2.24, 2.45) is 29.6 Å². The molecule has 4 atom stereocenters. The molecule has 0 N–H and O–H groups in total. The molecule has 4 unspecified atom stereocenters. The van der Waals surface area contributed by atoms with Crippen molar-refractivity contribution >= 4 is 0 Å². The van der Waals surface area contributed by atoms with E-state index in [1.165, 1.54) is 12.8 Å². The first-order valence-corrected chi connectivity index (χ1v) is 6.26. The predicted octanol–water partition coefficient (Wildman–Crippen LogP) is 4.10. The third-order valence-corrected chi connectivity index (χ3v) is 4.92. The molecular weight excluding hydrogens is 156 g/mol. The number of hydrogen-bond donors (Lipinski definition) is 0. The molecule has 2 bridgehead atoms. The summed E-state index contributed by atoms with van der Waals surface area (Å²) in [5.74, 6) is 5.43. The van der Waals surface area contributed by atoms with Crippen LogP contribution in [0.5, 0.6) is 0 Å². The molecule has 0 radical (unpaired) electrons. The summed E-state index contributed by atoms with van der Waals surface area (Å²) in [6, 6.07) is 0. The zero-order valence-electron chi connectivity index (χ0n) is 9.42. The molecule has 0 spiro atoms. The third-order valence-electron chi connectivity index (χ3n) is 4.92. The van der Waals surface area contributed by atoms with Crippen molar-refractivity contribution in [1.29, 1.82) is 0 Å². The van der Waals surface area contributed by atoms with E-state index >= 15 is 0 Å². The van der Waals surface area contributed by atoms with E-state index in [9.17, 15) is 0 Å². The first kappa shape index (κ1) is 9.55. The molecule has 0 aromatic heterocycles. The van der Waals surface area contributed by atoms with Crippen LogP contribution in [0.15, 0.2) is 0 Å². The maximum absolute atomic E-state index is 2.47. The fourth-order valence-corrected chi connectivity index (χ4v) is 4.08. The van der Waals surface area contributed by atoms with Crippen LogP contribution in [0.2, 0.25) is 0 Å². The number of hydrogen-bond acceptors (Lipinski definition) is 0. The largest absolute Gasteiger partial charge is 0.0651 e. The minimum absolute atomic E-state index is 1.04. The van der Waals surface area contributed by atoms with Gasteiger partial charge in [-0.15, -0.1) is 0 Å². The second-order valence-electron chi connectivity index (χ2n) is 5.44. The molecule has 0 aliphatic heterocycles. The van der Waals surface area contributed by atoms with Crippen LogP contribution < -0.4 is 0 Å². The molecule has 13 heavy (non-hydrogen) atoms. The van der Waals surface area contributed by atoms with Gasteiger partial charge in [0.05, 0.1) is 0 Å². The van der Waals surface area contributed by atoms with Crippen LogP contribution in [0, 0.1) is 29.6 Å². The summed E-state index contributed by atoms with van der Waals surface area (Å²) < 4.78 is 0. The Morgan fingerprint density at radius 3 is 2.08 bits per heavy atom. The standard InChI is InChI=1S/C13H24/c1-4-10(5-2)13-8-11-7-12(13)6-9(11)3/h9-13H,4-8H2,1-3H3. The second kappa shape index (κ2) is 3.63. The molecule has 0 heterocycles. The van der Waals surface area contributed by atoms with E-state index < -0.39 is 0 Å². The Hall–Kier alpha value is 0. The van der Waals surface area contributed by atoms with Crippen molar-refractivity contribution in [2.75, 3.05) is 0 Å². The van der Waals surface area contributed by atoms with Crippen molar-refractivity contribution in [3.63, 3.8) is 0 Å². The lowest BCUT2D eigenvalue weighted by atomic mass is 9.74. The minimum Gasteiger partial charge on any atom is -0.0651 e. The van der Waals surface area contributed by atoms with E-state index in [-0.39, 0.29) is 0 Å². The van der Waals surface area contributed by atoms with E-state index in [2.05, 4.69) is 20.8 Å². The first-order valence-electron chi connectivity index (χ1n) is 6.26. The lowest BCUT2D eigenvalue weighted by Crippen LogP contribution is -2.22. The summed E-state index contributed by atoms with van der Waals surface area (Å²) in [6.07, 6.45) is 7.52. The fraction of sp³-hybridized carbons (Fsp3) is 1.00. The summed E-state index contributed by atoms with van der Waals surface area (Å²) in [5.41, 5.74) is 0. The third kappa shape index (κ3) is 1.53. The molecule has 2 aliphatic rings. The van der Waals surface area contributed by atoms with Gasteiger partial charge in [-0.1, -0.05) is 33.6 Å². The Bertz CT molecular complexity index is 167. The maximum atomic E-state index is 2.47. The Balaban J connectivity index is 1.97. The Morgan fingerprint density at radius 2 is 1.69 bits per heavy atom. The van der Waals surface area contributed by atoms with Crippen molar-refractivity contribution in [2.45, 2.75) is 52.9 Å². The van der Waals surface area contributed by atoms with Crippen LogP contribution in [0.4, 0.5) is 0 Å². The van der Waals surface area contributed by atoms with E-state index in [0.29, 0.717) is 0 Å². The highest BCUT2D eigenvalue weighted by atomic mass is 14.5. The predicted molar refractivity (Wildman–Crippen MR) is 57.6 cm³/mol. The number of fused-ring (bicyclic) bond motifs is 2. The minimum atomic E-state index is 1.04. The molecule has 0 aromatic rings. The summed E-state index contributed by atoms with van der Waals surface area (Å²) in [4.78, 5) is 0. The van der Waals surface area contributed by atoms with E-state index in [4.69, 9.17) is 0 Å². The molecule has 0 aromatic carbocycles. The zero-order chi connectivity index (χ0) is 9.42. The highest BCUT2D eigenvalue weighted by Crippen LogP contribution is 2.54. The molecule has 2 rings (SSSR count). The van der Waals surface area contributed by atoms with Gasteiger partial charge >= 0.3 is 0 Å². The average molecular weight is 180 g/mol. The molecule has 0 amide bonds. The fourth-order valence-electron chi connectivity index (χ4n) is 4.08. The lowest BCUT2D eigenvalue weighted by molar-refractivity contribution is 0.187. The zero-order valence-corrected chi connectivity index (χ0v) is 9.42. The Labute approximate surface area is 83.1 Å².